The number of carbonyl (C=O) groups excluding carboxylic acids is 1. The lowest BCUT2D eigenvalue weighted by molar-refractivity contribution is -0.174. The Hall–Kier alpha value is -0.750. The van der Waals surface area contributed by atoms with Gasteiger partial charge in [0.15, 0.2) is 0 Å². The van der Waals surface area contributed by atoms with E-state index in [0.717, 1.165) is 0 Å². The molecule has 2 rings (SSSR count). The minimum absolute atomic E-state index is 0.224. The van der Waals surface area contributed by atoms with Crippen molar-refractivity contribution >= 4 is 23.6 Å². The molecule has 2 N–H and O–H groups in total. The molecule has 1 amide bonds. The summed E-state index contributed by atoms with van der Waals surface area (Å²) in [5, 5.41) is 18.9. The number of β-lactam (4-membered cyclic amide) rings is 1. The van der Waals surface area contributed by atoms with Crippen LogP contribution >= 0.6 is 11.8 Å². The first-order valence-electron chi connectivity index (χ1n) is 5.52. The van der Waals surface area contributed by atoms with Crippen molar-refractivity contribution in [2.45, 2.75) is 49.5 Å². The first-order chi connectivity index (χ1) is 7.57. The summed E-state index contributed by atoms with van der Waals surface area (Å²) in [5.74, 6) is -1.74. The van der Waals surface area contributed by atoms with E-state index in [1.54, 1.807) is 13.8 Å². The van der Waals surface area contributed by atoms with Gasteiger partial charge in [0.1, 0.15) is 6.04 Å². The van der Waals surface area contributed by atoms with E-state index >= 15 is 0 Å². The molecule has 0 aliphatic carbocycles. The van der Waals surface area contributed by atoms with E-state index in [2.05, 4.69) is 0 Å². The molecular formula is C11H17NO4S. The van der Waals surface area contributed by atoms with Crippen LogP contribution in [0.4, 0.5) is 0 Å². The number of hydrogen-bond donors (Lipinski definition) is 2. The molecule has 0 radical (unpaired) electrons. The van der Waals surface area contributed by atoms with Gasteiger partial charge in [-0.15, -0.1) is 11.8 Å². The van der Waals surface area contributed by atoms with Crippen molar-refractivity contribution in [2.75, 3.05) is 0 Å². The lowest BCUT2D eigenvalue weighted by atomic mass is 9.81. The SMILES string of the molecule is CC(C)(O)C1C(=O)N2[C@@H]1SC(C)(C)[C@@H]2C(=O)O. The summed E-state index contributed by atoms with van der Waals surface area (Å²) >= 11 is 1.46. The molecule has 0 aromatic rings. The Bertz CT molecular complexity index is 387. The lowest BCUT2D eigenvalue weighted by Crippen LogP contribution is -2.67. The monoisotopic (exact) mass is 259 g/mol. The van der Waals surface area contributed by atoms with E-state index in [1.807, 2.05) is 13.8 Å². The van der Waals surface area contributed by atoms with E-state index in [4.69, 9.17) is 0 Å². The number of aliphatic hydroxyl groups is 1. The van der Waals surface area contributed by atoms with Gasteiger partial charge in [-0.05, 0) is 27.7 Å². The largest absolute Gasteiger partial charge is 0.480 e. The molecule has 0 saturated carbocycles. The zero-order valence-electron chi connectivity index (χ0n) is 10.3. The molecule has 2 aliphatic rings. The zero-order chi connectivity index (χ0) is 13.2. The number of fused-ring (bicyclic) bond motifs is 1. The van der Waals surface area contributed by atoms with Crippen LogP contribution in [-0.4, -0.2) is 48.8 Å². The normalized spacial score (nSPS) is 35.5. The average molecular weight is 259 g/mol. The van der Waals surface area contributed by atoms with Crippen LogP contribution in [0.25, 0.3) is 0 Å². The van der Waals surface area contributed by atoms with Crippen molar-refractivity contribution < 1.29 is 19.8 Å². The number of carboxylic acid groups (broad SMARTS) is 1. The molecule has 2 heterocycles. The molecule has 0 aromatic carbocycles. The van der Waals surface area contributed by atoms with Gasteiger partial charge in [-0.25, -0.2) is 4.79 Å². The quantitative estimate of drug-likeness (QED) is 0.707. The zero-order valence-corrected chi connectivity index (χ0v) is 11.1. The van der Waals surface area contributed by atoms with Gasteiger partial charge in [-0.1, -0.05) is 0 Å². The third-order valence-electron chi connectivity index (χ3n) is 3.44. The molecule has 2 aliphatic heterocycles. The molecule has 0 aromatic heterocycles. The van der Waals surface area contributed by atoms with Gasteiger partial charge in [0.2, 0.25) is 5.91 Å². The molecule has 17 heavy (non-hydrogen) atoms. The van der Waals surface area contributed by atoms with Crippen molar-refractivity contribution in [1.82, 2.24) is 4.90 Å². The van der Waals surface area contributed by atoms with Crippen molar-refractivity contribution in [3.8, 4) is 0 Å². The van der Waals surface area contributed by atoms with Crippen LogP contribution in [0.3, 0.4) is 0 Å². The standard InChI is InChI=1S/C11H17NO4S/c1-10(2,16)5-7(13)12-6(9(14)15)11(3,4)17-8(5)12/h5-6,8,16H,1-4H3,(H,14,15)/t5?,6-,8+/m0/s1. The topological polar surface area (TPSA) is 77.8 Å². The fraction of sp³-hybridized carbons (Fsp3) is 0.818. The summed E-state index contributed by atoms with van der Waals surface area (Å²) in [6.45, 7) is 6.83. The average Bonchev–Trinajstić information content (AvgIpc) is 2.31. The molecule has 1 unspecified atom stereocenters. The Morgan fingerprint density at radius 1 is 1.47 bits per heavy atom. The minimum atomic E-state index is -1.10. The smallest absolute Gasteiger partial charge is 0.327 e. The van der Waals surface area contributed by atoms with Gasteiger partial charge in [0.25, 0.3) is 0 Å². The number of hydrogen-bond acceptors (Lipinski definition) is 4. The highest BCUT2D eigenvalue weighted by Crippen LogP contribution is 2.55. The van der Waals surface area contributed by atoms with Gasteiger partial charge >= 0.3 is 5.97 Å². The maximum absolute atomic E-state index is 12.0. The van der Waals surface area contributed by atoms with Crippen molar-refractivity contribution in [3.05, 3.63) is 0 Å². The molecule has 0 spiro atoms. The van der Waals surface area contributed by atoms with Crippen molar-refractivity contribution in [3.63, 3.8) is 0 Å². The Morgan fingerprint density at radius 2 is 2.00 bits per heavy atom. The highest BCUT2D eigenvalue weighted by atomic mass is 32.2. The van der Waals surface area contributed by atoms with Gasteiger partial charge in [-0.3, -0.25) is 4.79 Å². The Labute approximate surface area is 104 Å². The van der Waals surface area contributed by atoms with Crippen molar-refractivity contribution in [2.24, 2.45) is 5.92 Å². The van der Waals surface area contributed by atoms with Crippen LogP contribution in [0.5, 0.6) is 0 Å². The van der Waals surface area contributed by atoms with Gasteiger partial charge in [0.05, 0.1) is 16.9 Å². The Morgan fingerprint density at radius 3 is 2.41 bits per heavy atom. The highest BCUT2D eigenvalue weighted by Gasteiger charge is 2.66. The number of amides is 1. The number of nitrogens with zero attached hydrogens (tertiary/aromatic N) is 1. The predicted molar refractivity (Wildman–Crippen MR) is 63.5 cm³/mol. The first-order valence-corrected chi connectivity index (χ1v) is 6.40. The second kappa shape index (κ2) is 3.38. The van der Waals surface area contributed by atoms with E-state index in [9.17, 15) is 19.8 Å². The molecular weight excluding hydrogens is 242 g/mol. The molecule has 2 saturated heterocycles. The lowest BCUT2D eigenvalue weighted by Gasteiger charge is -2.48. The summed E-state index contributed by atoms with van der Waals surface area (Å²) in [7, 11) is 0. The number of carbonyl (C=O) groups is 2. The second-order valence-corrected chi connectivity index (χ2v) is 7.50. The van der Waals surface area contributed by atoms with Crippen molar-refractivity contribution in [1.29, 1.82) is 0 Å². The minimum Gasteiger partial charge on any atom is -0.480 e. The molecule has 96 valence electrons. The summed E-state index contributed by atoms with van der Waals surface area (Å²) in [6, 6.07) is -0.802. The van der Waals surface area contributed by atoms with E-state index in [0.29, 0.717) is 0 Å². The number of aliphatic carboxylic acids is 1. The highest BCUT2D eigenvalue weighted by molar-refractivity contribution is 8.01. The number of carboxylic acids is 1. The summed E-state index contributed by atoms with van der Waals surface area (Å²) < 4.78 is -0.522. The van der Waals surface area contributed by atoms with Crippen LogP contribution in [0.1, 0.15) is 27.7 Å². The maximum atomic E-state index is 12.0. The van der Waals surface area contributed by atoms with E-state index < -0.39 is 28.3 Å². The summed E-state index contributed by atoms with van der Waals surface area (Å²) in [6.07, 6.45) is 0. The predicted octanol–water partition coefficient (Wildman–Crippen LogP) is 0.520. The fourth-order valence-electron chi connectivity index (χ4n) is 2.66. The van der Waals surface area contributed by atoms with Crippen LogP contribution in [0.2, 0.25) is 0 Å². The van der Waals surface area contributed by atoms with Crippen LogP contribution < -0.4 is 0 Å². The maximum Gasteiger partial charge on any atom is 0.327 e. The van der Waals surface area contributed by atoms with Crippen LogP contribution in [-0.2, 0) is 9.59 Å². The van der Waals surface area contributed by atoms with Gasteiger partial charge in [-0.2, -0.15) is 0 Å². The Balaban J connectivity index is 2.31. The van der Waals surface area contributed by atoms with Crippen LogP contribution in [0.15, 0.2) is 0 Å². The van der Waals surface area contributed by atoms with Gasteiger partial charge in [0, 0.05) is 4.75 Å². The number of rotatable bonds is 2. The van der Waals surface area contributed by atoms with Gasteiger partial charge < -0.3 is 15.1 Å². The van der Waals surface area contributed by atoms with E-state index in [-0.39, 0.29) is 11.3 Å². The van der Waals surface area contributed by atoms with Crippen LogP contribution in [0, 0.1) is 5.92 Å². The second-order valence-electron chi connectivity index (χ2n) is 5.73. The third kappa shape index (κ3) is 1.65. The van der Waals surface area contributed by atoms with E-state index in [1.165, 1.54) is 16.7 Å². The molecule has 5 nitrogen and oxygen atoms in total. The molecule has 3 atom stereocenters. The third-order valence-corrected chi connectivity index (χ3v) is 5.01. The molecule has 2 fully saturated rings. The first kappa shape index (κ1) is 12.7. The fourth-order valence-corrected chi connectivity index (χ4v) is 4.55. The molecule has 0 bridgehead atoms. The Kier molecular flexibility index (Phi) is 2.53. The summed E-state index contributed by atoms with van der Waals surface area (Å²) in [4.78, 5) is 24.6. The molecule has 6 heteroatoms. The number of thioether (sulfide) groups is 1. The summed E-state index contributed by atoms with van der Waals surface area (Å²) in [5.41, 5.74) is -1.10.